The fourth-order valence-corrected chi connectivity index (χ4v) is 2.09. The van der Waals surface area contributed by atoms with Crippen LogP contribution in [0.5, 0.6) is 0 Å². The van der Waals surface area contributed by atoms with Crippen LogP contribution in [0.3, 0.4) is 0 Å². The molecule has 2 nitrogen and oxygen atoms in total. The van der Waals surface area contributed by atoms with Gasteiger partial charge < -0.3 is 5.11 Å². The third-order valence-electron chi connectivity index (χ3n) is 2.83. The molecule has 2 atom stereocenters. The van der Waals surface area contributed by atoms with E-state index in [4.69, 9.17) is 16.7 Å². The van der Waals surface area contributed by atoms with Crippen LogP contribution in [0.2, 0.25) is 5.02 Å². The Labute approximate surface area is 100 Å². The summed E-state index contributed by atoms with van der Waals surface area (Å²) in [5.41, 5.74) is -0.812. The zero-order valence-electron chi connectivity index (χ0n) is 8.46. The summed E-state index contributed by atoms with van der Waals surface area (Å²) in [5.74, 6) is -2.37. The van der Waals surface area contributed by atoms with E-state index in [2.05, 4.69) is 0 Å². The summed E-state index contributed by atoms with van der Waals surface area (Å²) in [7, 11) is 0. The molecule has 2 rings (SSSR count). The first kappa shape index (κ1) is 12.2. The van der Waals surface area contributed by atoms with Crippen molar-refractivity contribution in [2.24, 2.45) is 5.92 Å². The summed E-state index contributed by atoms with van der Waals surface area (Å²) < 4.78 is 38.1. The first-order valence-electron chi connectivity index (χ1n) is 4.90. The average Bonchev–Trinajstić information content (AvgIpc) is 2.94. The van der Waals surface area contributed by atoms with E-state index in [0.29, 0.717) is 0 Å². The first-order valence-corrected chi connectivity index (χ1v) is 5.28. The third kappa shape index (κ3) is 2.39. The van der Waals surface area contributed by atoms with Crippen LogP contribution in [-0.2, 0) is 11.0 Å². The number of halogens is 4. The Morgan fingerprint density at radius 1 is 1.41 bits per heavy atom. The molecule has 0 bridgehead atoms. The van der Waals surface area contributed by atoms with Crippen molar-refractivity contribution in [2.75, 3.05) is 0 Å². The van der Waals surface area contributed by atoms with E-state index < -0.39 is 29.5 Å². The third-order valence-corrected chi connectivity index (χ3v) is 3.06. The molecule has 1 aliphatic carbocycles. The molecule has 1 aromatic rings. The molecular formula is C11H8ClF3O2. The highest BCUT2D eigenvalue weighted by Crippen LogP contribution is 2.51. The number of hydrogen-bond acceptors (Lipinski definition) is 1. The van der Waals surface area contributed by atoms with E-state index in [0.717, 1.165) is 12.1 Å². The molecule has 0 aliphatic heterocycles. The lowest BCUT2D eigenvalue weighted by atomic mass is 10.0. The van der Waals surface area contributed by atoms with Crippen molar-refractivity contribution >= 4 is 17.6 Å². The standard InChI is InChI=1S/C11H8ClF3O2/c12-5-1-2-9(11(13,14)15)7(3-5)6-4-8(6)10(16)17/h1-3,6,8H,4H2,(H,16,17)/t6-,8+/m1/s1. The molecule has 0 unspecified atom stereocenters. The minimum Gasteiger partial charge on any atom is -0.481 e. The quantitative estimate of drug-likeness (QED) is 0.887. The summed E-state index contributed by atoms with van der Waals surface area (Å²) in [5, 5.41) is 8.92. The number of benzene rings is 1. The summed E-state index contributed by atoms with van der Waals surface area (Å²) in [6.07, 6.45) is -4.25. The maximum absolute atomic E-state index is 12.7. The number of rotatable bonds is 2. The van der Waals surface area contributed by atoms with Crippen molar-refractivity contribution in [1.82, 2.24) is 0 Å². The largest absolute Gasteiger partial charge is 0.481 e. The lowest BCUT2D eigenvalue weighted by Gasteiger charge is -2.12. The second-order valence-electron chi connectivity index (χ2n) is 4.02. The van der Waals surface area contributed by atoms with Gasteiger partial charge in [0, 0.05) is 5.02 Å². The Hall–Kier alpha value is -1.23. The first-order chi connectivity index (χ1) is 7.80. The lowest BCUT2D eigenvalue weighted by molar-refractivity contribution is -0.140. The van der Waals surface area contributed by atoms with E-state index in [9.17, 15) is 18.0 Å². The van der Waals surface area contributed by atoms with Crippen LogP contribution in [0.15, 0.2) is 18.2 Å². The molecule has 1 saturated carbocycles. The molecule has 0 aromatic heterocycles. The molecule has 0 heterocycles. The molecule has 17 heavy (non-hydrogen) atoms. The van der Waals surface area contributed by atoms with Gasteiger partial charge in [-0.2, -0.15) is 13.2 Å². The van der Waals surface area contributed by atoms with Gasteiger partial charge in [0.05, 0.1) is 11.5 Å². The Balaban J connectivity index is 2.39. The number of carbonyl (C=O) groups is 1. The van der Waals surface area contributed by atoms with Gasteiger partial charge in [-0.3, -0.25) is 4.79 Å². The number of aliphatic carboxylic acids is 1. The van der Waals surface area contributed by atoms with Gasteiger partial charge in [-0.1, -0.05) is 11.6 Å². The lowest BCUT2D eigenvalue weighted by Crippen LogP contribution is -2.10. The number of carboxylic acids is 1. The van der Waals surface area contributed by atoms with Crippen molar-refractivity contribution in [3.05, 3.63) is 34.3 Å². The van der Waals surface area contributed by atoms with Gasteiger partial charge in [-0.25, -0.2) is 0 Å². The van der Waals surface area contributed by atoms with Crippen molar-refractivity contribution < 1.29 is 23.1 Å². The van der Waals surface area contributed by atoms with Gasteiger partial charge in [0.25, 0.3) is 0 Å². The van der Waals surface area contributed by atoms with Gasteiger partial charge in [0.1, 0.15) is 0 Å². The van der Waals surface area contributed by atoms with E-state index >= 15 is 0 Å². The molecule has 1 aliphatic rings. The topological polar surface area (TPSA) is 37.3 Å². The molecule has 1 fully saturated rings. The monoisotopic (exact) mass is 264 g/mol. The highest BCUT2D eigenvalue weighted by Gasteiger charge is 2.48. The van der Waals surface area contributed by atoms with E-state index in [1.807, 2.05) is 0 Å². The second-order valence-corrected chi connectivity index (χ2v) is 4.45. The molecule has 1 N–H and O–H groups in total. The van der Waals surface area contributed by atoms with Crippen LogP contribution in [-0.4, -0.2) is 11.1 Å². The number of alkyl halides is 3. The van der Waals surface area contributed by atoms with Crippen LogP contribution in [0.1, 0.15) is 23.5 Å². The van der Waals surface area contributed by atoms with Gasteiger partial charge in [0.15, 0.2) is 0 Å². The Morgan fingerprint density at radius 2 is 2.06 bits per heavy atom. The van der Waals surface area contributed by atoms with Crippen molar-refractivity contribution in [2.45, 2.75) is 18.5 Å². The van der Waals surface area contributed by atoms with Gasteiger partial charge in [-0.05, 0) is 36.1 Å². The summed E-state index contributed by atoms with van der Waals surface area (Å²) in [4.78, 5) is 10.7. The Kier molecular flexibility index (Phi) is 2.81. The van der Waals surface area contributed by atoms with Crippen LogP contribution >= 0.6 is 11.6 Å². The van der Waals surface area contributed by atoms with Gasteiger partial charge >= 0.3 is 12.1 Å². The van der Waals surface area contributed by atoms with Crippen molar-refractivity contribution in [3.63, 3.8) is 0 Å². The zero-order valence-corrected chi connectivity index (χ0v) is 9.22. The maximum Gasteiger partial charge on any atom is 0.416 e. The van der Waals surface area contributed by atoms with Crippen LogP contribution in [0.4, 0.5) is 13.2 Å². The minimum atomic E-state index is -4.48. The normalized spacial score (nSPS) is 23.5. The second kappa shape index (κ2) is 3.91. The van der Waals surface area contributed by atoms with E-state index in [1.54, 1.807) is 0 Å². The van der Waals surface area contributed by atoms with Gasteiger partial charge in [0.2, 0.25) is 0 Å². The molecule has 0 radical (unpaired) electrons. The number of hydrogen-bond donors (Lipinski definition) is 1. The molecule has 0 spiro atoms. The van der Waals surface area contributed by atoms with Gasteiger partial charge in [-0.15, -0.1) is 0 Å². The summed E-state index contributed by atoms with van der Waals surface area (Å²) in [6, 6.07) is 3.26. The fourth-order valence-electron chi connectivity index (χ4n) is 1.91. The summed E-state index contributed by atoms with van der Waals surface area (Å²) in [6.45, 7) is 0. The Morgan fingerprint density at radius 3 is 2.53 bits per heavy atom. The van der Waals surface area contributed by atoms with Crippen LogP contribution in [0, 0.1) is 5.92 Å². The molecule has 0 saturated heterocycles. The Bertz CT molecular complexity index is 470. The minimum absolute atomic E-state index is 0.0163. The average molecular weight is 265 g/mol. The van der Waals surface area contributed by atoms with Crippen molar-refractivity contribution in [1.29, 1.82) is 0 Å². The van der Waals surface area contributed by atoms with Crippen LogP contribution in [0.25, 0.3) is 0 Å². The van der Waals surface area contributed by atoms with E-state index in [-0.39, 0.29) is 17.0 Å². The zero-order chi connectivity index (χ0) is 12.8. The molecule has 0 amide bonds. The predicted molar refractivity (Wildman–Crippen MR) is 54.9 cm³/mol. The SMILES string of the molecule is O=C(O)[C@H]1C[C@@H]1c1cc(Cl)ccc1C(F)(F)F. The highest BCUT2D eigenvalue weighted by molar-refractivity contribution is 6.30. The smallest absolute Gasteiger partial charge is 0.416 e. The fraction of sp³-hybridized carbons (Fsp3) is 0.364. The molecule has 1 aromatic carbocycles. The van der Waals surface area contributed by atoms with Crippen LogP contribution < -0.4 is 0 Å². The highest BCUT2D eigenvalue weighted by atomic mass is 35.5. The summed E-state index contributed by atoms with van der Waals surface area (Å²) >= 11 is 5.65. The molecular weight excluding hydrogens is 257 g/mol. The molecule has 6 heteroatoms. The van der Waals surface area contributed by atoms with E-state index in [1.165, 1.54) is 6.07 Å². The number of carboxylic acid groups (broad SMARTS) is 1. The molecule has 92 valence electrons. The van der Waals surface area contributed by atoms with Crippen molar-refractivity contribution in [3.8, 4) is 0 Å². The predicted octanol–water partition coefficient (Wildman–Crippen LogP) is 3.55. The maximum atomic E-state index is 12.7.